The largest absolute Gasteiger partial charge is 0.398 e. The number of amides is 1. The van der Waals surface area contributed by atoms with Crippen molar-refractivity contribution in [2.75, 3.05) is 18.8 Å². The summed E-state index contributed by atoms with van der Waals surface area (Å²) in [5, 5.41) is 0. The van der Waals surface area contributed by atoms with Crippen molar-refractivity contribution in [3.05, 3.63) is 27.7 Å². The number of benzene rings is 1. The number of carbonyl (C=O) groups excluding carboxylic acids is 1. The van der Waals surface area contributed by atoms with Crippen LogP contribution in [0.2, 0.25) is 0 Å². The first kappa shape index (κ1) is 15.0. The summed E-state index contributed by atoms with van der Waals surface area (Å²) in [5.41, 5.74) is 8.11. The maximum Gasteiger partial charge on any atom is 0.254 e. The van der Waals surface area contributed by atoms with Gasteiger partial charge < -0.3 is 10.6 Å². The maximum absolute atomic E-state index is 12.5. The van der Waals surface area contributed by atoms with Crippen LogP contribution in [-0.4, -0.2) is 23.9 Å². The Morgan fingerprint density at radius 2 is 2.06 bits per heavy atom. The van der Waals surface area contributed by atoms with Gasteiger partial charge in [-0.25, -0.2) is 0 Å². The molecule has 1 aromatic carbocycles. The molecule has 0 fully saturated rings. The van der Waals surface area contributed by atoms with E-state index in [9.17, 15) is 4.79 Å². The van der Waals surface area contributed by atoms with E-state index in [1.165, 1.54) is 0 Å². The number of nitrogen functional groups attached to an aromatic ring is 1. The standard InChI is InChI=1S/C14H21BrN2O/c1-4-6-7-17(5-2)14(18)12-8-11(15)9-13(16)10(12)3/h8-9H,4-7,16H2,1-3H3. The van der Waals surface area contributed by atoms with Crippen molar-refractivity contribution in [3.8, 4) is 0 Å². The van der Waals surface area contributed by atoms with E-state index in [4.69, 9.17) is 5.73 Å². The van der Waals surface area contributed by atoms with Gasteiger partial charge in [0.05, 0.1) is 0 Å². The highest BCUT2D eigenvalue weighted by Gasteiger charge is 2.17. The Kier molecular flexibility index (Phi) is 5.66. The molecule has 0 unspecified atom stereocenters. The minimum absolute atomic E-state index is 0.0662. The molecule has 0 radical (unpaired) electrons. The van der Waals surface area contributed by atoms with E-state index in [-0.39, 0.29) is 5.91 Å². The number of hydrogen-bond donors (Lipinski definition) is 1. The van der Waals surface area contributed by atoms with Crippen LogP contribution in [0, 0.1) is 6.92 Å². The van der Waals surface area contributed by atoms with E-state index < -0.39 is 0 Å². The number of hydrogen-bond acceptors (Lipinski definition) is 2. The summed E-state index contributed by atoms with van der Waals surface area (Å²) in [6.45, 7) is 7.55. The summed E-state index contributed by atoms with van der Waals surface area (Å²) < 4.78 is 0.848. The second kappa shape index (κ2) is 6.78. The normalized spacial score (nSPS) is 10.4. The smallest absolute Gasteiger partial charge is 0.254 e. The minimum Gasteiger partial charge on any atom is -0.398 e. The molecule has 0 aliphatic rings. The molecular formula is C14H21BrN2O. The molecule has 4 heteroatoms. The molecule has 0 saturated carbocycles. The number of rotatable bonds is 5. The molecule has 0 aliphatic heterocycles. The number of halogens is 1. The fraction of sp³-hybridized carbons (Fsp3) is 0.500. The molecule has 0 bridgehead atoms. The first-order valence-electron chi connectivity index (χ1n) is 6.36. The van der Waals surface area contributed by atoms with Gasteiger partial charge in [-0.3, -0.25) is 4.79 Å². The van der Waals surface area contributed by atoms with Gasteiger partial charge in [-0.1, -0.05) is 29.3 Å². The van der Waals surface area contributed by atoms with Crippen LogP contribution in [0.5, 0.6) is 0 Å². The van der Waals surface area contributed by atoms with Gasteiger partial charge in [0.1, 0.15) is 0 Å². The monoisotopic (exact) mass is 312 g/mol. The number of nitrogens with zero attached hydrogens (tertiary/aromatic N) is 1. The molecule has 0 aliphatic carbocycles. The molecule has 2 N–H and O–H groups in total. The van der Waals surface area contributed by atoms with Crippen LogP contribution in [-0.2, 0) is 0 Å². The van der Waals surface area contributed by atoms with Crippen molar-refractivity contribution in [2.45, 2.75) is 33.6 Å². The molecule has 0 atom stereocenters. The highest BCUT2D eigenvalue weighted by atomic mass is 79.9. The zero-order valence-electron chi connectivity index (χ0n) is 11.3. The lowest BCUT2D eigenvalue weighted by molar-refractivity contribution is 0.0761. The number of nitrogens with two attached hydrogens (primary N) is 1. The van der Waals surface area contributed by atoms with Crippen molar-refractivity contribution in [3.63, 3.8) is 0 Å². The summed E-state index contributed by atoms with van der Waals surface area (Å²) in [7, 11) is 0. The topological polar surface area (TPSA) is 46.3 Å². The Labute approximate surface area is 117 Å². The van der Waals surface area contributed by atoms with Crippen LogP contribution in [0.25, 0.3) is 0 Å². The van der Waals surface area contributed by atoms with E-state index in [0.717, 1.165) is 36.0 Å². The zero-order chi connectivity index (χ0) is 13.7. The van der Waals surface area contributed by atoms with Crippen LogP contribution in [0.3, 0.4) is 0 Å². The second-order valence-corrected chi connectivity index (χ2v) is 5.32. The molecule has 18 heavy (non-hydrogen) atoms. The molecule has 0 spiro atoms. The lowest BCUT2D eigenvalue weighted by Crippen LogP contribution is -2.32. The fourth-order valence-corrected chi connectivity index (χ4v) is 2.32. The van der Waals surface area contributed by atoms with Gasteiger partial charge in [-0.15, -0.1) is 0 Å². The third-order valence-corrected chi connectivity index (χ3v) is 3.55. The third kappa shape index (κ3) is 3.48. The molecule has 1 amide bonds. The number of unbranched alkanes of at least 4 members (excludes halogenated alkanes) is 1. The first-order valence-corrected chi connectivity index (χ1v) is 7.15. The van der Waals surface area contributed by atoms with Crippen molar-refractivity contribution >= 4 is 27.5 Å². The van der Waals surface area contributed by atoms with Crippen molar-refractivity contribution in [1.29, 1.82) is 0 Å². The number of anilines is 1. The number of carbonyl (C=O) groups is 1. The van der Waals surface area contributed by atoms with Gasteiger partial charge in [-0.2, -0.15) is 0 Å². The molecule has 1 aromatic rings. The maximum atomic E-state index is 12.5. The second-order valence-electron chi connectivity index (χ2n) is 4.41. The van der Waals surface area contributed by atoms with E-state index in [1.807, 2.05) is 30.9 Å². The minimum atomic E-state index is 0.0662. The van der Waals surface area contributed by atoms with E-state index in [2.05, 4.69) is 22.9 Å². The summed E-state index contributed by atoms with van der Waals surface area (Å²) >= 11 is 3.39. The molecule has 0 saturated heterocycles. The van der Waals surface area contributed by atoms with Gasteiger partial charge in [0.15, 0.2) is 0 Å². The van der Waals surface area contributed by atoms with Crippen LogP contribution >= 0.6 is 15.9 Å². The van der Waals surface area contributed by atoms with Gasteiger partial charge in [-0.05, 0) is 38.0 Å². The lowest BCUT2D eigenvalue weighted by atomic mass is 10.1. The van der Waals surface area contributed by atoms with Crippen molar-refractivity contribution < 1.29 is 4.79 Å². The van der Waals surface area contributed by atoms with Crippen LogP contribution < -0.4 is 5.73 Å². The predicted octanol–water partition coefficient (Wildman–Crippen LogP) is 3.60. The van der Waals surface area contributed by atoms with E-state index in [0.29, 0.717) is 11.3 Å². The van der Waals surface area contributed by atoms with Crippen LogP contribution in [0.1, 0.15) is 42.6 Å². The van der Waals surface area contributed by atoms with Gasteiger partial charge in [0, 0.05) is 28.8 Å². The van der Waals surface area contributed by atoms with Gasteiger partial charge in [0.2, 0.25) is 0 Å². The average molecular weight is 313 g/mol. The summed E-state index contributed by atoms with van der Waals surface area (Å²) in [5.74, 6) is 0.0662. The Morgan fingerprint density at radius 3 is 2.61 bits per heavy atom. The van der Waals surface area contributed by atoms with Crippen LogP contribution in [0.4, 0.5) is 5.69 Å². The Hall–Kier alpha value is -1.03. The summed E-state index contributed by atoms with van der Waals surface area (Å²) in [6.07, 6.45) is 2.12. The molecular weight excluding hydrogens is 292 g/mol. The van der Waals surface area contributed by atoms with E-state index in [1.54, 1.807) is 0 Å². The predicted molar refractivity (Wildman–Crippen MR) is 79.8 cm³/mol. The molecule has 1 rings (SSSR count). The average Bonchev–Trinajstić information content (AvgIpc) is 2.34. The molecule has 3 nitrogen and oxygen atoms in total. The highest BCUT2D eigenvalue weighted by Crippen LogP contribution is 2.24. The first-order chi connectivity index (χ1) is 8.51. The van der Waals surface area contributed by atoms with Gasteiger partial charge >= 0.3 is 0 Å². The quantitative estimate of drug-likeness (QED) is 0.844. The highest BCUT2D eigenvalue weighted by molar-refractivity contribution is 9.10. The summed E-state index contributed by atoms with van der Waals surface area (Å²) in [6, 6.07) is 3.68. The van der Waals surface area contributed by atoms with E-state index >= 15 is 0 Å². The van der Waals surface area contributed by atoms with Crippen molar-refractivity contribution in [2.24, 2.45) is 0 Å². The molecule has 0 heterocycles. The SMILES string of the molecule is CCCCN(CC)C(=O)c1cc(Br)cc(N)c1C. The van der Waals surface area contributed by atoms with Crippen molar-refractivity contribution in [1.82, 2.24) is 4.90 Å². The lowest BCUT2D eigenvalue weighted by Gasteiger charge is -2.22. The Balaban J connectivity index is 3.01. The van der Waals surface area contributed by atoms with Gasteiger partial charge in [0.25, 0.3) is 5.91 Å². The fourth-order valence-electron chi connectivity index (χ4n) is 1.84. The molecule has 0 aromatic heterocycles. The van der Waals surface area contributed by atoms with Crippen LogP contribution in [0.15, 0.2) is 16.6 Å². The summed E-state index contributed by atoms with van der Waals surface area (Å²) in [4.78, 5) is 14.3. The molecule has 100 valence electrons. The Morgan fingerprint density at radius 1 is 1.39 bits per heavy atom. The zero-order valence-corrected chi connectivity index (χ0v) is 12.9. The Bertz CT molecular complexity index is 432. The third-order valence-electron chi connectivity index (χ3n) is 3.09.